The first-order valence-electron chi connectivity index (χ1n) is 10.6. The zero-order valence-electron chi connectivity index (χ0n) is 18.9. The summed E-state index contributed by atoms with van der Waals surface area (Å²) in [7, 11) is 0. The molecule has 0 heterocycles. The first-order valence-corrected chi connectivity index (χ1v) is 11.3. The second-order valence-electron chi connectivity index (χ2n) is 7.60. The molecule has 0 radical (unpaired) electrons. The van der Waals surface area contributed by atoms with Crippen LogP contribution in [0.15, 0.2) is 54.6 Å². The van der Waals surface area contributed by atoms with Crippen LogP contribution in [0.25, 0.3) is 11.1 Å². The fourth-order valence-electron chi connectivity index (χ4n) is 3.32. The van der Waals surface area contributed by atoms with Gasteiger partial charge in [0.15, 0.2) is 5.78 Å². The van der Waals surface area contributed by atoms with Crippen molar-refractivity contribution >= 4 is 52.5 Å². The lowest BCUT2D eigenvalue weighted by atomic mass is 10.00. The second kappa shape index (κ2) is 11.2. The maximum absolute atomic E-state index is 13.2. The standard InChI is InChI=1S/C26H21Cl2NO6/c1-3-10-35-26(34)20-8-5-16(18-9-6-17(27)13-22(18)28)12-23(20)29-24(31)21-11-15(14(2)30)4-7-19(21)25(32)33/h4-9,11-13H,3,10H2,1-2H3,(H,29,31)(H,32,33). The summed E-state index contributed by atoms with van der Waals surface area (Å²) in [5.74, 6) is -3.14. The summed E-state index contributed by atoms with van der Waals surface area (Å²) < 4.78 is 5.23. The van der Waals surface area contributed by atoms with Crippen molar-refractivity contribution in [3.8, 4) is 11.1 Å². The number of rotatable bonds is 8. The molecule has 0 saturated carbocycles. The highest BCUT2D eigenvalue weighted by molar-refractivity contribution is 6.36. The van der Waals surface area contributed by atoms with Gasteiger partial charge in [-0.15, -0.1) is 0 Å². The molecule has 0 atom stereocenters. The molecule has 9 heteroatoms. The highest BCUT2D eigenvalue weighted by Crippen LogP contribution is 2.33. The molecule has 180 valence electrons. The monoisotopic (exact) mass is 513 g/mol. The van der Waals surface area contributed by atoms with Gasteiger partial charge in [-0.25, -0.2) is 9.59 Å². The Labute approximate surface area is 211 Å². The number of carboxylic acids is 1. The minimum atomic E-state index is -1.34. The number of amides is 1. The number of ether oxygens (including phenoxy) is 1. The third-order valence-electron chi connectivity index (χ3n) is 5.07. The molecule has 0 aliphatic heterocycles. The van der Waals surface area contributed by atoms with Gasteiger partial charge >= 0.3 is 11.9 Å². The molecular weight excluding hydrogens is 493 g/mol. The molecule has 3 rings (SSSR count). The number of halogens is 2. The predicted molar refractivity (Wildman–Crippen MR) is 134 cm³/mol. The summed E-state index contributed by atoms with van der Waals surface area (Å²) in [6, 6.07) is 13.3. The van der Waals surface area contributed by atoms with Crippen molar-refractivity contribution in [1.82, 2.24) is 0 Å². The minimum Gasteiger partial charge on any atom is -0.478 e. The Bertz CT molecular complexity index is 1340. The first-order chi connectivity index (χ1) is 16.6. The molecule has 7 nitrogen and oxygen atoms in total. The Morgan fingerprint density at radius 2 is 1.63 bits per heavy atom. The van der Waals surface area contributed by atoms with E-state index in [1.807, 2.05) is 6.92 Å². The number of carbonyl (C=O) groups is 4. The van der Waals surface area contributed by atoms with Gasteiger partial charge in [-0.3, -0.25) is 9.59 Å². The summed E-state index contributed by atoms with van der Waals surface area (Å²) in [6.07, 6.45) is 0.603. The lowest BCUT2D eigenvalue weighted by Crippen LogP contribution is -2.19. The molecule has 1 amide bonds. The average Bonchev–Trinajstić information content (AvgIpc) is 2.82. The number of anilines is 1. The van der Waals surface area contributed by atoms with Crippen molar-refractivity contribution in [2.75, 3.05) is 11.9 Å². The summed E-state index contributed by atoms with van der Waals surface area (Å²) in [5.41, 5.74) is 0.983. The molecule has 35 heavy (non-hydrogen) atoms. The third-order valence-corrected chi connectivity index (χ3v) is 5.62. The van der Waals surface area contributed by atoms with Crippen LogP contribution in [0.4, 0.5) is 5.69 Å². The van der Waals surface area contributed by atoms with Gasteiger partial charge < -0.3 is 15.2 Å². The number of carboxylic acid groups (broad SMARTS) is 1. The summed E-state index contributed by atoms with van der Waals surface area (Å²) in [6.45, 7) is 3.33. The largest absolute Gasteiger partial charge is 0.478 e. The summed E-state index contributed by atoms with van der Waals surface area (Å²) in [4.78, 5) is 49.3. The number of aromatic carboxylic acids is 1. The molecule has 3 aromatic rings. The molecule has 3 aromatic carbocycles. The number of hydrogen-bond donors (Lipinski definition) is 2. The van der Waals surface area contributed by atoms with Gasteiger partial charge in [0.2, 0.25) is 0 Å². The first kappa shape index (κ1) is 25.9. The quantitative estimate of drug-likeness (QED) is 0.267. The molecule has 0 aromatic heterocycles. The Hall–Kier alpha value is -3.68. The molecule has 0 bridgehead atoms. The Morgan fingerprint density at radius 3 is 2.26 bits per heavy atom. The van der Waals surface area contributed by atoms with Crippen LogP contribution in [0.5, 0.6) is 0 Å². The van der Waals surface area contributed by atoms with Crippen LogP contribution in [-0.2, 0) is 4.74 Å². The number of carbonyl (C=O) groups excluding carboxylic acids is 3. The number of esters is 1. The zero-order chi connectivity index (χ0) is 25.7. The van der Waals surface area contributed by atoms with Crippen molar-refractivity contribution in [2.45, 2.75) is 20.3 Å². The molecular formula is C26H21Cl2NO6. The van der Waals surface area contributed by atoms with Crippen LogP contribution in [0.2, 0.25) is 10.0 Å². The van der Waals surface area contributed by atoms with E-state index in [0.29, 0.717) is 27.6 Å². The number of Topliss-reactive ketones (excluding diaryl/α,β-unsaturated/α-hetero) is 1. The van der Waals surface area contributed by atoms with Gasteiger partial charge in [0.25, 0.3) is 5.91 Å². The van der Waals surface area contributed by atoms with Crippen molar-refractivity contribution in [1.29, 1.82) is 0 Å². The number of nitrogens with one attached hydrogen (secondary N) is 1. The van der Waals surface area contributed by atoms with E-state index in [2.05, 4.69) is 5.32 Å². The van der Waals surface area contributed by atoms with E-state index in [4.69, 9.17) is 27.9 Å². The number of ketones is 1. The van der Waals surface area contributed by atoms with Gasteiger partial charge in [-0.2, -0.15) is 0 Å². The van der Waals surface area contributed by atoms with E-state index in [9.17, 15) is 24.3 Å². The number of hydrogen-bond acceptors (Lipinski definition) is 5. The zero-order valence-corrected chi connectivity index (χ0v) is 20.4. The molecule has 0 aliphatic carbocycles. The van der Waals surface area contributed by atoms with E-state index in [0.717, 1.165) is 0 Å². The molecule has 0 unspecified atom stereocenters. The maximum Gasteiger partial charge on any atom is 0.340 e. The van der Waals surface area contributed by atoms with Gasteiger partial charge in [0.1, 0.15) is 0 Å². The van der Waals surface area contributed by atoms with Crippen LogP contribution in [0.1, 0.15) is 61.7 Å². The second-order valence-corrected chi connectivity index (χ2v) is 8.44. The Balaban J connectivity index is 2.10. The van der Waals surface area contributed by atoms with E-state index < -0.39 is 17.8 Å². The fourth-order valence-corrected chi connectivity index (χ4v) is 3.83. The van der Waals surface area contributed by atoms with E-state index in [-0.39, 0.29) is 40.3 Å². The summed E-state index contributed by atoms with van der Waals surface area (Å²) in [5, 5.41) is 12.9. The lowest BCUT2D eigenvalue weighted by Gasteiger charge is -2.15. The van der Waals surface area contributed by atoms with E-state index in [1.54, 1.807) is 24.3 Å². The number of benzene rings is 3. The SMILES string of the molecule is CCCOC(=O)c1ccc(-c2ccc(Cl)cc2Cl)cc1NC(=O)c1cc(C(C)=O)ccc1C(=O)O. The highest BCUT2D eigenvalue weighted by Gasteiger charge is 2.22. The van der Waals surface area contributed by atoms with Crippen molar-refractivity contribution in [3.05, 3.63) is 86.9 Å². The smallest absolute Gasteiger partial charge is 0.340 e. The lowest BCUT2D eigenvalue weighted by molar-refractivity contribution is 0.0505. The van der Waals surface area contributed by atoms with E-state index in [1.165, 1.54) is 37.3 Å². The molecule has 0 aliphatic rings. The Kier molecular flexibility index (Phi) is 8.27. The van der Waals surface area contributed by atoms with Crippen LogP contribution < -0.4 is 5.32 Å². The van der Waals surface area contributed by atoms with Gasteiger partial charge in [-0.05, 0) is 55.3 Å². The third kappa shape index (κ3) is 6.07. The van der Waals surface area contributed by atoms with Crippen LogP contribution in [0, 0.1) is 0 Å². The normalized spacial score (nSPS) is 10.5. The maximum atomic E-state index is 13.2. The highest BCUT2D eigenvalue weighted by atomic mass is 35.5. The van der Waals surface area contributed by atoms with Crippen molar-refractivity contribution in [2.24, 2.45) is 0 Å². The van der Waals surface area contributed by atoms with Gasteiger partial charge in [0.05, 0.1) is 29.0 Å². The average molecular weight is 514 g/mol. The fraction of sp³-hybridized carbons (Fsp3) is 0.154. The van der Waals surface area contributed by atoms with Crippen molar-refractivity contribution < 1.29 is 29.0 Å². The molecule has 2 N–H and O–H groups in total. The van der Waals surface area contributed by atoms with E-state index >= 15 is 0 Å². The van der Waals surface area contributed by atoms with Crippen LogP contribution >= 0.6 is 23.2 Å². The topological polar surface area (TPSA) is 110 Å². The Morgan fingerprint density at radius 1 is 0.914 bits per heavy atom. The molecule has 0 fully saturated rings. The van der Waals surface area contributed by atoms with Crippen LogP contribution in [0.3, 0.4) is 0 Å². The van der Waals surface area contributed by atoms with Gasteiger partial charge in [-0.1, -0.05) is 48.3 Å². The molecule has 0 saturated heterocycles. The van der Waals surface area contributed by atoms with Crippen molar-refractivity contribution in [3.63, 3.8) is 0 Å². The molecule has 0 spiro atoms. The van der Waals surface area contributed by atoms with Gasteiger partial charge in [0, 0.05) is 21.2 Å². The minimum absolute atomic E-state index is 0.0697. The summed E-state index contributed by atoms with van der Waals surface area (Å²) >= 11 is 12.3. The van der Waals surface area contributed by atoms with Crippen LogP contribution in [-0.4, -0.2) is 35.3 Å². The predicted octanol–water partition coefficient (Wildman–Crippen LogP) is 6.38.